The average Bonchev–Trinajstić information content (AvgIpc) is 3.16. The number of carboxylic acid groups (broad SMARTS) is 1. The molecule has 0 unspecified atom stereocenters. The number of hydrogen-bond donors (Lipinski definition) is 2. The summed E-state index contributed by atoms with van der Waals surface area (Å²) in [7, 11) is 0. The van der Waals surface area contributed by atoms with Gasteiger partial charge in [-0.05, 0) is 13.3 Å². The highest BCUT2D eigenvalue weighted by atomic mass is 32.1. The van der Waals surface area contributed by atoms with Crippen LogP contribution in [0.3, 0.4) is 0 Å². The van der Waals surface area contributed by atoms with E-state index in [4.69, 9.17) is 0 Å². The Bertz CT molecular complexity index is 926. The zero-order valence-electron chi connectivity index (χ0n) is 14.1. The summed E-state index contributed by atoms with van der Waals surface area (Å²) in [6, 6.07) is -0.293. The van der Waals surface area contributed by atoms with E-state index in [1.807, 2.05) is 24.4 Å². The highest BCUT2D eigenvalue weighted by Crippen LogP contribution is 2.51. The molecule has 2 aromatic heterocycles. The summed E-state index contributed by atoms with van der Waals surface area (Å²) >= 11 is 1.50. The van der Waals surface area contributed by atoms with Crippen molar-refractivity contribution in [1.82, 2.24) is 14.3 Å². The van der Waals surface area contributed by atoms with E-state index in [0.717, 1.165) is 21.8 Å². The molecule has 0 aromatic carbocycles. The van der Waals surface area contributed by atoms with Gasteiger partial charge in [0.2, 0.25) is 5.91 Å². The first-order chi connectivity index (χ1) is 11.9. The van der Waals surface area contributed by atoms with Crippen LogP contribution in [-0.4, -0.2) is 48.5 Å². The Morgan fingerprint density at radius 3 is 2.80 bits per heavy atom. The van der Waals surface area contributed by atoms with Gasteiger partial charge in [-0.1, -0.05) is 13.8 Å². The number of carbonyl (C=O) groups excluding carboxylic acids is 1. The second kappa shape index (κ2) is 5.40. The van der Waals surface area contributed by atoms with E-state index in [-0.39, 0.29) is 23.6 Å². The van der Waals surface area contributed by atoms with Gasteiger partial charge in [-0.25, -0.2) is 9.78 Å². The molecule has 8 heteroatoms. The van der Waals surface area contributed by atoms with Crippen LogP contribution in [0.25, 0.3) is 10.4 Å². The number of aliphatic hydroxyl groups excluding tert-OH is 1. The topological polar surface area (TPSA) is 95.1 Å². The van der Waals surface area contributed by atoms with Crippen LogP contribution < -0.4 is 0 Å². The Kier molecular flexibility index (Phi) is 3.52. The first-order valence-electron chi connectivity index (χ1n) is 8.31. The second-order valence-electron chi connectivity index (χ2n) is 6.67. The van der Waals surface area contributed by atoms with Crippen LogP contribution in [0.2, 0.25) is 0 Å². The van der Waals surface area contributed by atoms with E-state index in [0.29, 0.717) is 5.57 Å². The predicted octanol–water partition coefficient (Wildman–Crippen LogP) is 1.61. The predicted molar refractivity (Wildman–Crippen MR) is 92.0 cm³/mol. The number of aliphatic hydroxyl groups is 1. The molecule has 1 amide bonds. The molecule has 25 heavy (non-hydrogen) atoms. The smallest absolute Gasteiger partial charge is 0.352 e. The fourth-order valence-corrected chi connectivity index (χ4v) is 5.40. The van der Waals surface area contributed by atoms with E-state index in [2.05, 4.69) is 4.98 Å². The molecule has 0 saturated carbocycles. The van der Waals surface area contributed by atoms with E-state index in [1.165, 1.54) is 16.2 Å². The van der Waals surface area contributed by atoms with Crippen LogP contribution in [0.4, 0.5) is 0 Å². The zero-order chi connectivity index (χ0) is 18.0. The molecule has 0 radical (unpaired) electrons. The number of fused-ring (bicyclic) bond motifs is 2. The molecule has 0 aliphatic carbocycles. The number of aliphatic carboxylic acids is 1. The fourth-order valence-electron chi connectivity index (χ4n) is 4.11. The molecule has 1 fully saturated rings. The lowest BCUT2D eigenvalue weighted by atomic mass is 9.77. The summed E-state index contributed by atoms with van der Waals surface area (Å²) in [4.78, 5) is 31.8. The Hall–Kier alpha value is -2.19. The number of amides is 1. The lowest BCUT2D eigenvalue weighted by Gasteiger charge is -2.46. The van der Waals surface area contributed by atoms with Gasteiger partial charge < -0.3 is 15.1 Å². The summed E-state index contributed by atoms with van der Waals surface area (Å²) in [6.45, 7) is 5.54. The molecule has 4 atom stereocenters. The van der Waals surface area contributed by atoms with Crippen LogP contribution in [0.5, 0.6) is 0 Å². The van der Waals surface area contributed by atoms with Crippen molar-refractivity contribution in [2.75, 3.05) is 0 Å². The SMILES string of the molecule is CCc1ncn2cc(C3=C(C(=O)O)N4C(=O)[C@H]([C@@H](C)O)[C@H]4[C@H]3C)sc12. The van der Waals surface area contributed by atoms with E-state index >= 15 is 0 Å². The minimum Gasteiger partial charge on any atom is -0.477 e. The van der Waals surface area contributed by atoms with Gasteiger partial charge >= 0.3 is 5.97 Å². The second-order valence-corrected chi connectivity index (χ2v) is 7.70. The van der Waals surface area contributed by atoms with Crippen molar-refractivity contribution in [2.45, 2.75) is 39.3 Å². The quantitative estimate of drug-likeness (QED) is 0.807. The van der Waals surface area contributed by atoms with Crippen molar-refractivity contribution >= 4 is 33.6 Å². The van der Waals surface area contributed by atoms with Crippen molar-refractivity contribution in [3.8, 4) is 0 Å². The van der Waals surface area contributed by atoms with Crippen molar-refractivity contribution in [2.24, 2.45) is 11.8 Å². The van der Waals surface area contributed by atoms with E-state index in [1.54, 1.807) is 13.3 Å². The van der Waals surface area contributed by atoms with Crippen LogP contribution in [0, 0.1) is 11.8 Å². The number of imidazole rings is 1. The van der Waals surface area contributed by atoms with Crippen molar-refractivity contribution in [3.63, 3.8) is 0 Å². The minimum atomic E-state index is -1.10. The molecular formula is C17H19N3O4S. The summed E-state index contributed by atoms with van der Waals surface area (Å²) in [5.41, 5.74) is 1.69. The Morgan fingerprint density at radius 2 is 2.20 bits per heavy atom. The normalized spacial score (nSPS) is 27.0. The third-order valence-corrected chi connectivity index (χ3v) is 6.44. The molecule has 7 nitrogen and oxygen atoms in total. The molecule has 2 aliphatic rings. The third-order valence-electron chi connectivity index (χ3n) is 5.26. The Balaban J connectivity index is 1.85. The number of aryl methyl sites for hydroxylation is 1. The lowest BCUT2D eigenvalue weighted by Crippen LogP contribution is -2.63. The maximum atomic E-state index is 12.4. The molecule has 4 rings (SSSR count). The van der Waals surface area contributed by atoms with Gasteiger partial charge in [0, 0.05) is 17.7 Å². The van der Waals surface area contributed by atoms with Crippen LogP contribution in [0.1, 0.15) is 31.3 Å². The number of hydrogen-bond acceptors (Lipinski definition) is 5. The summed E-state index contributed by atoms with van der Waals surface area (Å²) in [5, 5.41) is 19.6. The lowest BCUT2D eigenvalue weighted by molar-refractivity contribution is -0.163. The molecule has 4 heterocycles. The van der Waals surface area contributed by atoms with Crippen molar-refractivity contribution in [3.05, 3.63) is 28.8 Å². The Morgan fingerprint density at radius 1 is 1.48 bits per heavy atom. The molecule has 2 aliphatic heterocycles. The van der Waals surface area contributed by atoms with Gasteiger partial charge in [0.1, 0.15) is 16.9 Å². The molecular weight excluding hydrogens is 342 g/mol. The number of thiazole rings is 1. The standard InChI is InChI=1S/C17H19N3O4S/c1-4-9-16-19(6-18-9)5-10(25-16)11-7(2)13-12(8(3)21)15(22)20(13)14(11)17(23)24/h5-8,12-13,21H,4H2,1-3H3,(H,23,24)/t7-,8+,12+,13+/m0/s1. The van der Waals surface area contributed by atoms with Gasteiger partial charge in [-0.3, -0.25) is 9.20 Å². The number of aromatic nitrogens is 2. The first-order valence-corrected chi connectivity index (χ1v) is 9.12. The first kappa shape index (κ1) is 16.3. The monoisotopic (exact) mass is 361 g/mol. The number of carboxylic acids is 1. The number of carbonyl (C=O) groups is 2. The molecule has 1 saturated heterocycles. The Labute approximate surface area is 148 Å². The van der Waals surface area contributed by atoms with Crippen molar-refractivity contribution < 1.29 is 19.8 Å². The molecule has 0 spiro atoms. The number of nitrogens with zero attached hydrogens (tertiary/aromatic N) is 3. The highest BCUT2D eigenvalue weighted by molar-refractivity contribution is 7.18. The fraction of sp³-hybridized carbons (Fsp3) is 0.471. The summed E-state index contributed by atoms with van der Waals surface area (Å²) in [6.07, 6.45) is 3.62. The summed E-state index contributed by atoms with van der Waals surface area (Å²) in [5.74, 6) is -2.10. The zero-order valence-corrected chi connectivity index (χ0v) is 14.9. The maximum Gasteiger partial charge on any atom is 0.352 e. The van der Waals surface area contributed by atoms with Crippen molar-refractivity contribution in [1.29, 1.82) is 0 Å². The van der Waals surface area contributed by atoms with Gasteiger partial charge in [0.15, 0.2) is 0 Å². The number of β-lactam (4-membered cyclic amide) rings is 1. The van der Waals surface area contributed by atoms with Gasteiger partial charge in [-0.15, -0.1) is 11.3 Å². The minimum absolute atomic E-state index is 0.0508. The maximum absolute atomic E-state index is 12.4. The molecule has 0 bridgehead atoms. The van der Waals surface area contributed by atoms with E-state index in [9.17, 15) is 19.8 Å². The highest BCUT2D eigenvalue weighted by Gasteiger charge is 2.60. The summed E-state index contributed by atoms with van der Waals surface area (Å²) < 4.78 is 1.90. The van der Waals surface area contributed by atoms with Gasteiger partial charge in [0.05, 0.1) is 28.6 Å². The number of rotatable bonds is 4. The largest absolute Gasteiger partial charge is 0.477 e. The third kappa shape index (κ3) is 2.04. The molecule has 2 N–H and O–H groups in total. The average molecular weight is 361 g/mol. The van der Waals surface area contributed by atoms with Gasteiger partial charge in [-0.2, -0.15) is 0 Å². The van der Waals surface area contributed by atoms with E-state index < -0.39 is 18.0 Å². The van der Waals surface area contributed by atoms with Gasteiger partial charge in [0.25, 0.3) is 0 Å². The van der Waals surface area contributed by atoms with Crippen LogP contribution >= 0.6 is 11.3 Å². The molecule has 2 aromatic rings. The molecule has 132 valence electrons. The van der Waals surface area contributed by atoms with Crippen LogP contribution in [0.15, 0.2) is 18.2 Å². The van der Waals surface area contributed by atoms with Crippen LogP contribution in [-0.2, 0) is 16.0 Å².